The topological polar surface area (TPSA) is 89.9 Å². The fraction of sp³-hybridized carbons (Fsp3) is 0.650. The predicted octanol–water partition coefficient (Wildman–Crippen LogP) is 1.96. The van der Waals surface area contributed by atoms with Gasteiger partial charge in [-0.3, -0.25) is 14.4 Å². The Kier molecular flexibility index (Phi) is 5.06. The number of hydrogen-bond donors (Lipinski definition) is 1. The van der Waals surface area contributed by atoms with Crippen LogP contribution in [0, 0.1) is 23.7 Å². The molecule has 0 bridgehead atoms. The van der Waals surface area contributed by atoms with Crippen LogP contribution in [0.5, 0.6) is 0 Å². The number of aliphatic hydroxyl groups is 1. The normalized spacial score (nSPS) is 33.6. The van der Waals surface area contributed by atoms with Crippen molar-refractivity contribution < 1.29 is 29.0 Å². The third-order valence-corrected chi connectivity index (χ3v) is 5.60. The second-order valence-corrected chi connectivity index (χ2v) is 8.05. The largest absolute Gasteiger partial charge is 0.461 e. The first kappa shape index (κ1) is 18.8. The summed E-state index contributed by atoms with van der Waals surface area (Å²) in [6.07, 6.45) is 0.699. The monoisotopic (exact) mass is 362 g/mol. The number of allylic oxidation sites excluding steroid dienone is 1. The smallest absolute Gasteiger partial charge is 0.309 e. The molecule has 2 aliphatic carbocycles. The fourth-order valence-electron chi connectivity index (χ4n) is 4.37. The van der Waals surface area contributed by atoms with Crippen molar-refractivity contribution in [2.75, 3.05) is 6.61 Å². The Labute approximate surface area is 153 Å². The average molecular weight is 362 g/mol. The van der Waals surface area contributed by atoms with Crippen molar-refractivity contribution in [1.82, 2.24) is 0 Å². The number of carbonyl (C=O) groups is 3. The molecule has 1 N–H and O–H groups in total. The van der Waals surface area contributed by atoms with Crippen molar-refractivity contribution in [3.63, 3.8) is 0 Å². The number of aliphatic hydroxyl groups excluding tert-OH is 1. The molecular formula is C20H26O6. The van der Waals surface area contributed by atoms with Crippen molar-refractivity contribution in [2.45, 2.75) is 52.7 Å². The molecule has 3 aliphatic rings. The van der Waals surface area contributed by atoms with Crippen LogP contribution in [0.2, 0.25) is 0 Å². The minimum absolute atomic E-state index is 0.0108. The third-order valence-electron chi connectivity index (χ3n) is 5.60. The van der Waals surface area contributed by atoms with Gasteiger partial charge in [0.15, 0.2) is 5.78 Å². The van der Waals surface area contributed by atoms with Crippen LogP contribution in [-0.2, 0) is 23.9 Å². The zero-order valence-electron chi connectivity index (χ0n) is 15.7. The number of hydrogen-bond acceptors (Lipinski definition) is 6. The lowest BCUT2D eigenvalue weighted by atomic mass is 9.80. The van der Waals surface area contributed by atoms with E-state index in [-0.39, 0.29) is 48.5 Å². The van der Waals surface area contributed by atoms with Gasteiger partial charge >= 0.3 is 11.9 Å². The SMILES string of the molecule is CC1=CC(=O)C2=C(COC(=O)CC(C)C)C[C@H](O)[C@@H]3[C@H](OC(=O)[C@H]3C)[C@@H]12. The van der Waals surface area contributed by atoms with Crippen LogP contribution in [-0.4, -0.2) is 41.6 Å². The number of esters is 2. The number of ether oxygens (including phenoxy) is 2. The highest BCUT2D eigenvalue weighted by Gasteiger charge is 2.54. The Morgan fingerprint density at radius 2 is 2.08 bits per heavy atom. The van der Waals surface area contributed by atoms with Crippen LogP contribution < -0.4 is 0 Å². The molecule has 0 unspecified atom stereocenters. The molecule has 142 valence electrons. The number of carbonyl (C=O) groups excluding carboxylic acids is 3. The Morgan fingerprint density at radius 3 is 2.73 bits per heavy atom. The maximum atomic E-state index is 12.6. The number of ketones is 1. The lowest BCUT2D eigenvalue weighted by Crippen LogP contribution is -2.35. The van der Waals surface area contributed by atoms with E-state index in [0.717, 1.165) is 5.57 Å². The first-order valence-electron chi connectivity index (χ1n) is 9.19. The first-order chi connectivity index (χ1) is 12.2. The van der Waals surface area contributed by atoms with Gasteiger partial charge in [0.25, 0.3) is 0 Å². The summed E-state index contributed by atoms with van der Waals surface area (Å²) >= 11 is 0. The molecule has 1 aliphatic heterocycles. The molecule has 0 aromatic heterocycles. The Balaban J connectivity index is 1.91. The minimum atomic E-state index is -0.820. The van der Waals surface area contributed by atoms with Gasteiger partial charge in [-0.15, -0.1) is 0 Å². The summed E-state index contributed by atoms with van der Waals surface area (Å²) in [7, 11) is 0. The molecule has 0 amide bonds. The summed E-state index contributed by atoms with van der Waals surface area (Å²) in [5, 5.41) is 10.7. The van der Waals surface area contributed by atoms with Gasteiger partial charge < -0.3 is 14.6 Å². The fourth-order valence-corrected chi connectivity index (χ4v) is 4.37. The molecule has 0 radical (unpaired) electrons. The van der Waals surface area contributed by atoms with E-state index in [2.05, 4.69) is 0 Å². The summed E-state index contributed by atoms with van der Waals surface area (Å²) in [6, 6.07) is 0. The molecule has 1 heterocycles. The average Bonchev–Trinajstić information content (AvgIpc) is 2.94. The van der Waals surface area contributed by atoms with Crippen molar-refractivity contribution in [3.8, 4) is 0 Å². The minimum Gasteiger partial charge on any atom is -0.461 e. The van der Waals surface area contributed by atoms with Crippen LogP contribution in [0.25, 0.3) is 0 Å². The molecule has 26 heavy (non-hydrogen) atoms. The van der Waals surface area contributed by atoms with Crippen molar-refractivity contribution >= 4 is 17.7 Å². The summed E-state index contributed by atoms with van der Waals surface area (Å²) in [5.41, 5.74) is 1.98. The van der Waals surface area contributed by atoms with Crippen LogP contribution in [0.4, 0.5) is 0 Å². The second kappa shape index (κ2) is 6.99. The van der Waals surface area contributed by atoms with Gasteiger partial charge in [-0.25, -0.2) is 0 Å². The van der Waals surface area contributed by atoms with Crippen molar-refractivity contribution in [2.24, 2.45) is 23.7 Å². The molecule has 6 heteroatoms. The standard InChI is InChI=1S/C20H26O6/c1-9(2)5-15(23)25-8-12-7-14(22)17-11(4)20(24)26-19(17)16-10(3)6-13(21)18(12)16/h6,9,11,14,16-17,19,22H,5,7-8H2,1-4H3/t11-,14-,16-,17+,19+/m0/s1. The maximum absolute atomic E-state index is 12.6. The molecular weight excluding hydrogens is 336 g/mol. The van der Waals surface area contributed by atoms with E-state index >= 15 is 0 Å². The third kappa shape index (κ3) is 3.22. The van der Waals surface area contributed by atoms with Crippen LogP contribution in [0.3, 0.4) is 0 Å². The maximum Gasteiger partial charge on any atom is 0.309 e. The quantitative estimate of drug-likeness (QED) is 0.769. The summed E-state index contributed by atoms with van der Waals surface area (Å²) in [4.78, 5) is 36.5. The Morgan fingerprint density at radius 1 is 1.38 bits per heavy atom. The van der Waals surface area contributed by atoms with E-state index in [1.54, 1.807) is 13.0 Å². The molecule has 3 rings (SSSR count). The van der Waals surface area contributed by atoms with Crippen LogP contribution in [0.15, 0.2) is 22.8 Å². The van der Waals surface area contributed by atoms with Gasteiger partial charge in [0.1, 0.15) is 12.7 Å². The molecule has 5 atom stereocenters. The van der Waals surface area contributed by atoms with E-state index in [1.165, 1.54) is 0 Å². The highest BCUT2D eigenvalue weighted by Crippen LogP contribution is 2.47. The van der Waals surface area contributed by atoms with Gasteiger partial charge in [0.05, 0.1) is 12.0 Å². The van der Waals surface area contributed by atoms with E-state index < -0.39 is 18.1 Å². The molecule has 1 fully saturated rings. The van der Waals surface area contributed by atoms with E-state index in [4.69, 9.17) is 9.47 Å². The molecule has 6 nitrogen and oxygen atoms in total. The highest BCUT2D eigenvalue weighted by atomic mass is 16.6. The molecule has 0 aromatic carbocycles. The van der Waals surface area contributed by atoms with E-state index in [0.29, 0.717) is 17.6 Å². The lowest BCUT2D eigenvalue weighted by Gasteiger charge is -2.26. The number of rotatable bonds is 4. The predicted molar refractivity (Wildman–Crippen MR) is 92.9 cm³/mol. The van der Waals surface area contributed by atoms with E-state index in [9.17, 15) is 19.5 Å². The molecule has 0 saturated carbocycles. The van der Waals surface area contributed by atoms with Crippen molar-refractivity contribution in [3.05, 3.63) is 22.8 Å². The molecule has 0 aromatic rings. The van der Waals surface area contributed by atoms with Gasteiger partial charge in [0, 0.05) is 23.8 Å². The number of fused-ring (bicyclic) bond motifs is 3. The van der Waals surface area contributed by atoms with E-state index in [1.807, 2.05) is 20.8 Å². The van der Waals surface area contributed by atoms with Gasteiger partial charge in [0.2, 0.25) is 0 Å². The van der Waals surface area contributed by atoms with Crippen LogP contribution >= 0.6 is 0 Å². The first-order valence-corrected chi connectivity index (χ1v) is 9.19. The second-order valence-electron chi connectivity index (χ2n) is 8.05. The van der Waals surface area contributed by atoms with Crippen LogP contribution in [0.1, 0.15) is 40.5 Å². The lowest BCUT2D eigenvalue weighted by molar-refractivity contribution is -0.145. The summed E-state index contributed by atoms with van der Waals surface area (Å²) in [5.74, 6) is -1.79. The Bertz CT molecular complexity index is 701. The van der Waals surface area contributed by atoms with Gasteiger partial charge in [-0.1, -0.05) is 26.3 Å². The highest BCUT2D eigenvalue weighted by molar-refractivity contribution is 6.09. The summed E-state index contributed by atoms with van der Waals surface area (Å²) in [6.45, 7) is 7.44. The summed E-state index contributed by atoms with van der Waals surface area (Å²) < 4.78 is 10.9. The van der Waals surface area contributed by atoms with Gasteiger partial charge in [-0.2, -0.15) is 0 Å². The zero-order valence-corrected chi connectivity index (χ0v) is 15.7. The molecule has 1 saturated heterocycles. The molecule has 0 spiro atoms. The van der Waals surface area contributed by atoms with Gasteiger partial charge in [-0.05, 0) is 30.9 Å². The Hall–Kier alpha value is -1.95. The zero-order chi connectivity index (χ0) is 19.2. The van der Waals surface area contributed by atoms with Crippen molar-refractivity contribution in [1.29, 1.82) is 0 Å².